The Bertz CT molecular complexity index is 698. The number of nitrogens with one attached hydrogen (secondary N) is 1. The highest BCUT2D eigenvalue weighted by Crippen LogP contribution is 2.28. The lowest BCUT2D eigenvalue weighted by molar-refractivity contribution is 0.0680. The Hall–Kier alpha value is -2.20. The first kappa shape index (κ1) is 19.6. The fraction of sp³-hybridized carbons (Fsp3) is 0.478. The van der Waals surface area contributed by atoms with Gasteiger partial charge in [-0.25, -0.2) is 0 Å². The lowest BCUT2D eigenvalue weighted by Gasteiger charge is -2.16. The molecule has 0 aliphatic carbocycles. The summed E-state index contributed by atoms with van der Waals surface area (Å²) in [6.45, 7) is 7.28. The zero-order valence-electron chi connectivity index (χ0n) is 16.4. The monoisotopic (exact) mass is 369 g/mol. The van der Waals surface area contributed by atoms with E-state index in [1.54, 1.807) is 0 Å². The van der Waals surface area contributed by atoms with Crippen LogP contribution < -0.4 is 14.8 Å². The van der Waals surface area contributed by atoms with Crippen molar-refractivity contribution < 1.29 is 14.2 Å². The lowest BCUT2D eigenvalue weighted by atomic mass is 9.98. The molecule has 0 radical (unpaired) electrons. The van der Waals surface area contributed by atoms with E-state index in [2.05, 4.69) is 37.4 Å². The van der Waals surface area contributed by atoms with E-state index in [0.717, 1.165) is 49.6 Å². The number of hydrogen-bond acceptors (Lipinski definition) is 4. The normalized spacial score (nSPS) is 17.5. The van der Waals surface area contributed by atoms with Crippen molar-refractivity contribution in [2.24, 2.45) is 0 Å². The molecule has 3 rings (SSSR count). The molecule has 0 aromatic heterocycles. The van der Waals surface area contributed by atoms with Crippen molar-refractivity contribution in [3.8, 4) is 11.5 Å². The highest BCUT2D eigenvalue weighted by atomic mass is 16.5. The van der Waals surface area contributed by atoms with Crippen molar-refractivity contribution in [2.45, 2.75) is 45.1 Å². The molecule has 4 heteroatoms. The number of benzene rings is 2. The van der Waals surface area contributed by atoms with Gasteiger partial charge in [0, 0.05) is 24.9 Å². The summed E-state index contributed by atoms with van der Waals surface area (Å²) in [5.41, 5.74) is 2.32. The number of ether oxygens (including phenoxy) is 3. The van der Waals surface area contributed by atoms with Gasteiger partial charge in [0.15, 0.2) is 0 Å². The summed E-state index contributed by atoms with van der Waals surface area (Å²) < 4.78 is 17.5. The Morgan fingerprint density at radius 3 is 2.85 bits per heavy atom. The van der Waals surface area contributed by atoms with Gasteiger partial charge in [-0.3, -0.25) is 0 Å². The summed E-state index contributed by atoms with van der Waals surface area (Å²) in [5, 5.41) is 3.41. The number of rotatable bonds is 10. The summed E-state index contributed by atoms with van der Waals surface area (Å²) in [7, 11) is 0. The molecule has 0 spiro atoms. The third-order valence-electron chi connectivity index (χ3n) is 5.04. The van der Waals surface area contributed by atoms with E-state index in [1.165, 1.54) is 5.56 Å². The van der Waals surface area contributed by atoms with Crippen LogP contribution in [0.15, 0.2) is 48.5 Å². The molecule has 1 saturated heterocycles. The number of hydrogen-bond donors (Lipinski definition) is 1. The molecule has 1 fully saturated rings. The zero-order chi connectivity index (χ0) is 18.9. The molecular weight excluding hydrogens is 338 g/mol. The molecule has 2 atom stereocenters. The van der Waals surface area contributed by atoms with E-state index in [4.69, 9.17) is 14.2 Å². The maximum atomic E-state index is 6.02. The molecule has 1 aliphatic heterocycles. The quantitative estimate of drug-likeness (QED) is 0.581. The van der Waals surface area contributed by atoms with Crippen LogP contribution in [0, 0.1) is 0 Å². The molecule has 0 bridgehead atoms. The Morgan fingerprint density at radius 2 is 2.04 bits per heavy atom. The molecule has 0 amide bonds. The predicted octanol–water partition coefficient (Wildman–Crippen LogP) is 5.25. The maximum Gasteiger partial charge on any atom is 0.122 e. The van der Waals surface area contributed by atoms with Gasteiger partial charge < -0.3 is 19.5 Å². The van der Waals surface area contributed by atoms with Crippen molar-refractivity contribution in [2.75, 3.05) is 31.7 Å². The first-order valence-electron chi connectivity index (χ1n) is 10.1. The predicted molar refractivity (Wildman–Crippen MR) is 110 cm³/mol. The minimum atomic E-state index is 0.237. The molecule has 1 N–H and O–H groups in total. The van der Waals surface area contributed by atoms with Gasteiger partial charge in [0.25, 0.3) is 0 Å². The minimum absolute atomic E-state index is 0.237. The molecule has 0 saturated carbocycles. The molecule has 1 aliphatic rings. The van der Waals surface area contributed by atoms with Crippen molar-refractivity contribution in [3.05, 3.63) is 54.1 Å². The zero-order valence-corrected chi connectivity index (χ0v) is 16.4. The van der Waals surface area contributed by atoms with Crippen LogP contribution in [-0.4, -0.2) is 32.5 Å². The van der Waals surface area contributed by atoms with Gasteiger partial charge in [0.05, 0.1) is 6.10 Å². The Kier molecular flexibility index (Phi) is 7.40. The average molecular weight is 370 g/mol. The molecular formula is C23H31NO3. The minimum Gasteiger partial charge on any atom is -0.491 e. The highest BCUT2D eigenvalue weighted by Gasteiger charge is 2.16. The van der Waals surface area contributed by atoms with E-state index in [9.17, 15) is 0 Å². The van der Waals surface area contributed by atoms with Crippen LogP contribution in [0.4, 0.5) is 5.69 Å². The first-order valence-corrected chi connectivity index (χ1v) is 10.1. The van der Waals surface area contributed by atoms with Gasteiger partial charge in [0.2, 0.25) is 0 Å². The average Bonchev–Trinajstić information content (AvgIpc) is 3.23. The van der Waals surface area contributed by atoms with Crippen molar-refractivity contribution in [1.29, 1.82) is 0 Å². The second-order valence-electron chi connectivity index (χ2n) is 7.10. The Morgan fingerprint density at radius 1 is 1.15 bits per heavy atom. The van der Waals surface area contributed by atoms with Crippen molar-refractivity contribution in [3.63, 3.8) is 0 Å². The van der Waals surface area contributed by atoms with Crippen molar-refractivity contribution in [1.82, 2.24) is 0 Å². The van der Waals surface area contributed by atoms with Crippen LogP contribution in [0.25, 0.3) is 0 Å². The van der Waals surface area contributed by atoms with Crippen LogP contribution >= 0.6 is 0 Å². The highest BCUT2D eigenvalue weighted by molar-refractivity contribution is 5.48. The standard InChI is InChI=1S/C23H31NO3/c1-3-18(2)22-11-4-5-12-23(22)26-15-13-24-19-8-6-9-20(16-19)27-17-21-10-7-14-25-21/h4-6,8-9,11-12,16,18,21,24H,3,7,10,13-15,17H2,1-2H3. The Balaban J connectivity index is 1.45. The molecule has 1 heterocycles. The van der Waals surface area contributed by atoms with Crippen LogP contribution in [-0.2, 0) is 4.74 Å². The van der Waals surface area contributed by atoms with Gasteiger partial charge >= 0.3 is 0 Å². The molecule has 2 aromatic rings. The van der Waals surface area contributed by atoms with Crippen molar-refractivity contribution >= 4 is 5.69 Å². The van der Waals surface area contributed by atoms with Gasteiger partial charge in [0.1, 0.15) is 24.7 Å². The fourth-order valence-electron chi connectivity index (χ4n) is 3.26. The van der Waals surface area contributed by atoms with Crippen LogP contribution in [0.3, 0.4) is 0 Å². The molecule has 4 nitrogen and oxygen atoms in total. The van der Waals surface area contributed by atoms with Gasteiger partial charge in [-0.1, -0.05) is 38.1 Å². The third-order valence-corrected chi connectivity index (χ3v) is 5.04. The third kappa shape index (κ3) is 5.90. The number of anilines is 1. The molecule has 146 valence electrons. The van der Waals surface area contributed by atoms with E-state index < -0.39 is 0 Å². The maximum absolute atomic E-state index is 6.02. The van der Waals surface area contributed by atoms with Crippen LogP contribution in [0.1, 0.15) is 44.6 Å². The summed E-state index contributed by atoms with van der Waals surface area (Å²) in [5.74, 6) is 2.37. The van der Waals surface area contributed by atoms with Gasteiger partial charge in [-0.15, -0.1) is 0 Å². The lowest BCUT2D eigenvalue weighted by Crippen LogP contribution is -2.16. The fourth-order valence-corrected chi connectivity index (χ4v) is 3.26. The molecule has 27 heavy (non-hydrogen) atoms. The largest absolute Gasteiger partial charge is 0.491 e. The van der Waals surface area contributed by atoms with E-state index in [0.29, 0.717) is 19.1 Å². The van der Waals surface area contributed by atoms with E-state index in [-0.39, 0.29) is 6.10 Å². The van der Waals surface area contributed by atoms with E-state index >= 15 is 0 Å². The summed E-state index contributed by atoms with van der Waals surface area (Å²) >= 11 is 0. The smallest absolute Gasteiger partial charge is 0.122 e. The van der Waals surface area contributed by atoms with Gasteiger partial charge in [-0.05, 0) is 48.9 Å². The van der Waals surface area contributed by atoms with Gasteiger partial charge in [-0.2, -0.15) is 0 Å². The second kappa shape index (κ2) is 10.2. The summed E-state index contributed by atoms with van der Waals surface area (Å²) in [4.78, 5) is 0. The molecule has 2 aromatic carbocycles. The summed E-state index contributed by atoms with van der Waals surface area (Å²) in [6.07, 6.45) is 3.57. The second-order valence-corrected chi connectivity index (χ2v) is 7.10. The molecule has 2 unspecified atom stereocenters. The first-order chi connectivity index (χ1) is 13.3. The van der Waals surface area contributed by atoms with Crippen LogP contribution in [0.5, 0.6) is 11.5 Å². The number of para-hydroxylation sites is 1. The topological polar surface area (TPSA) is 39.7 Å². The summed E-state index contributed by atoms with van der Waals surface area (Å²) in [6, 6.07) is 16.4. The Labute approximate surface area is 162 Å². The SMILES string of the molecule is CCC(C)c1ccccc1OCCNc1cccc(OCC2CCCO2)c1. The van der Waals surface area contributed by atoms with Crippen LogP contribution in [0.2, 0.25) is 0 Å². The van der Waals surface area contributed by atoms with E-state index in [1.807, 2.05) is 30.3 Å².